The smallest absolute Gasteiger partial charge is 0.139 e. The summed E-state index contributed by atoms with van der Waals surface area (Å²) in [5.41, 5.74) is 2.63. The van der Waals surface area contributed by atoms with Gasteiger partial charge in [-0.3, -0.25) is 5.01 Å². The lowest BCUT2D eigenvalue weighted by atomic mass is 10.2. The first-order chi connectivity index (χ1) is 13.2. The molecule has 0 aliphatic heterocycles. The van der Waals surface area contributed by atoms with Gasteiger partial charge in [0.1, 0.15) is 24.5 Å². The van der Waals surface area contributed by atoms with Gasteiger partial charge in [-0.15, -0.1) is 10.2 Å². The Bertz CT molecular complexity index is 903. The molecule has 1 heterocycles. The van der Waals surface area contributed by atoms with E-state index in [9.17, 15) is 0 Å². The molecule has 0 aliphatic rings. The molecule has 3 rings (SSSR count). The second kappa shape index (κ2) is 9.19. The van der Waals surface area contributed by atoms with Gasteiger partial charge in [0, 0.05) is 4.47 Å². The first-order valence-corrected chi connectivity index (χ1v) is 9.54. The maximum atomic E-state index is 9.14. The summed E-state index contributed by atoms with van der Waals surface area (Å²) in [4.78, 5) is 0. The highest BCUT2D eigenvalue weighted by atomic mass is 79.9. The van der Waals surface area contributed by atoms with E-state index >= 15 is 0 Å². The van der Waals surface area contributed by atoms with Crippen molar-refractivity contribution in [2.75, 3.05) is 11.6 Å². The number of rotatable bonds is 8. The molecule has 0 fully saturated rings. The van der Waals surface area contributed by atoms with Gasteiger partial charge in [-0.25, -0.2) is 4.68 Å². The number of hydrogen-bond donors (Lipinski definition) is 0. The van der Waals surface area contributed by atoms with Crippen molar-refractivity contribution < 1.29 is 4.74 Å². The lowest BCUT2D eigenvalue weighted by Crippen LogP contribution is -2.27. The van der Waals surface area contributed by atoms with Gasteiger partial charge < -0.3 is 4.74 Å². The Kier molecular flexibility index (Phi) is 6.44. The third kappa shape index (κ3) is 4.86. The molecule has 0 atom stereocenters. The quantitative estimate of drug-likeness (QED) is 0.494. The molecule has 0 aliphatic carbocycles. The van der Waals surface area contributed by atoms with Crippen molar-refractivity contribution >= 4 is 21.6 Å². The van der Waals surface area contributed by atoms with E-state index < -0.39 is 0 Å². The van der Waals surface area contributed by atoms with Crippen molar-refractivity contribution in [2.45, 2.75) is 26.3 Å². The van der Waals surface area contributed by atoms with Gasteiger partial charge in [-0.2, -0.15) is 5.26 Å². The Morgan fingerprint density at radius 3 is 2.52 bits per heavy atom. The summed E-state index contributed by atoms with van der Waals surface area (Å²) in [7, 11) is 0. The molecule has 3 aromatic rings. The minimum Gasteiger partial charge on any atom is -0.494 e. The second-order valence-corrected chi connectivity index (χ2v) is 6.88. The summed E-state index contributed by atoms with van der Waals surface area (Å²) in [5.74, 6) is 0.879. The Morgan fingerprint density at radius 2 is 1.89 bits per heavy atom. The summed E-state index contributed by atoms with van der Waals surface area (Å²) < 4.78 is 8.30. The highest BCUT2D eigenvalue weighted by Crippen LogP contribution is 2.26. The Balaban J connectivity index is 1.81. The van der Waals surface area contributed by atoms with Crippen LogP contribution in [0.5, 0.6) is 5.75 Å². The van der Waals surface area contributed by atoms with Gasteiger partial charge >= 0.3 is 0 Å². The molecule has 138 valence electrons. The number of unbranched alkanes of at least 4 members (excludes halogenated alkanes) is 1. The number of hydrogen-bond acceptors (Lipinski definition) is 5. The summed E-state index contributed by atoms with van der Waals surface area (Å²) in [5, 5.41) is 19.0. The molecule has 0 spiro atoms. The Labute approximate surface area is 167 Å². The predicted molar refractivity (Wildman–Crippen MR) is 107 cm³/mol. The average molecular weight is 426 g/mol. The van der Waals surface area contributed by atoms with E-state index in [-0.39, 0.29) is 0 Å². The fraction of sp³-hybridized carbons (Fsp3) is 0.250. The van der Waals surface area contributed by atoms with Crippen LogP contribution in [0.1, 0.15) is 30.9 Å². The molecule has 0 unspecified atom stereocenters. The zero-order valence-corrected chi connectivity index (χ0v) is 16.6. The van der Waals surface area contributed by atoms with Crippen LogP contribution < -0.4 is 9.75 Å². The van der Waals surface area contributed by atoms with Gasteiger partial charge in [0.25, 0.3) is 0 Å². The third-order valence-electron chi connectivity index (χ3n) is 4.08. The number of halogens is 1. The standard InChI is InChI=1S/C20H20BrN5O/c1-2-3-10-27-19-8-4-16(5-9-19)13-26(25-14-23-24-15-25)18-7-6-17(12-22)20(21)11-18/h4-9,11,14-15H,2-3,10,13H2,1H3. The molecule has 7 heteroatoms. The monoisotopic (exact) mass is 425 g/mol. The Hall–Kier alpha value is -2.85. The number of ether oxygens (including phenoxy) is 1. The summed E-state index contributed by atoms with van der Waals surface area (Å²) in [6.07, 6.45) is 5.46. The number of aromatic nitrogens is 3. The van der Waals surface area contributed by atoms with E-state index in [0.29, 0.717) is 12.1 Å². The van der Waals surface area contributed by atoms with Crippen molar-refractivity contribution in [1.29, 1.82) is 5.26 Å². The topological polar surface area (TPSA) is 67.0 Å². The van der Waals surface area contributed by atoms with Gasteiger partial charge in [0.2, 0.25) is 0 Å². The fourth-order valence-electron chi connectivity index (χ4n) is 2.58. The molecule has 6 nitrogen and oxygen atoms in total. The molecule has 0 bridgehead atoms. The van der Waals surface area contributed by atoms with Crippen LogP contribution in [0.25, 0.3) is 0 Å². The van der Waals surface area contributed by atoms with E-state index in [1.54, 1.807) is 18.7 Å². The van der Waals surface area contributed by atoms with Crippen LogP contribution in [-0.4, -0.2) is 21.5 Å². The SMILES string of the molecule is CCCCOc1ccc(CN(c2ccc(C#N)c(Br)c2)n2cnnc2)cc1. The van der Waals surface area contributed by atoms with Gasteiger partial charge in [-0.1, -0.05) is 25.5 Å². The van der Waals surface area contributed by atoms with E-state index in [2.05, 4.69) is 51.3 Å². The highest BCUT2D eigenvalue weighted by molar-refractivity contribution is 9.10. The first-order valence-electron chi connectivity index (χ1n) is 8.75. The molecule has 0 saturated carbocycles. The minimum atomic E-state index is 0.594. The molecule has 2 aromatic carbocycles. The van der Waals surface area contributed by atoms with Crippen LogP contribution in [0.2, 0.25) is 0 Å². The molecule has 0 saturated heterocycles. The lowest BCUT2D eigenvalue weighted by Gasteiger charge is -2.25. The van der Waals surface area contributed by atoms with Crippen LogP contribution in [0.3, 0.4) is 0 Å². The van der Waals surface area contributed by atoms with E-state index in [1.807, 2.05) is 34.0 Å². The van der Waals surface area contributed by atoms with E-state index in [0.717, 1.165) is 40.9 Å². The normalized spacial score (nSPS) is 10.4. The molecular weight excluding hydrogens is 406 g/mol. The zero-order chi connectivity index (χ0) is 19.1. The molecule has 0 amide bonds. The summed E-state index contributed by atoms with van der Waals surface area (Å²) in [6.45, 7) is 3.50. The fourth-order valence-corrected chi connectivity index (χ4v) is 3.04. The van der Waals surface area contributed by atoms with Crippen molar-refractivity contribution in [3.8, 4) is 11.8 Å². The molecule has 0 N–H and O–H groups in total. The van der Waals surface area contributed by atoms with Crippen LogP contribution in [0, 0.1) is 11.3 Å². The summed E-state index contributed by atoms with van der Waals surface area (Å²) >= 11 is 3.46. The van der Waals surface area contributed by atoms with Crippen molar-refractivity contribution in [2.24, 2.45) is 0 Å². The van der Waals surface area contributed by atoms with E-state index in [4.69, 9.17) is 10.00 Å². The van der Waals surface area contributed by atoms with Crippen LogP contribution in [0.15, 0.2) is 59.6 Å². The first kappa shape index (κ1) is 18.9. The zero-order valence-electron chi connectivity index (χ0n) is 15.0. The van der Waals surface area contributed by atoms with Gasteiger partial charge in [-0.05, 0) is 58.2 Å². The van der Waals surface area contributed by atoms with Crippen LogP contribution in [0.4, 0.5) is 5.69 Å². The van der Waals surface area contributed by atoms with Crippen LogP contribution >= 0.6 is 15.9 Å². The van der Waals surface area contributed by atoms with E-state index in [1.165, 1.54) is 0 Å². The average Bonchev–Trinajstić information content (AvgIpc) is 3.22. The van der Waals surface area contributed by atoms with Crippen molar-refractivity contribution in [3.63, 3.8) is 0 Å². The number of anilines is 1. The molecular formula is C20H20BrN5O. The van der Waals surface area contributed by atoms with Gasteiger partial charge in [0.15, 0.2) is 0 Å². The third-order valence-corrected chi connectivity index (χ3v) is 4.73. The maximum Gasteiger partial charge on any atom is 0.139 e. The molecule has 1 aromatic heterocycles. The lowest BCUT2D eigenvalue weighted by molar-refractivity contribution is 0.309. The number of benzene rings is 2. The predicted octanol–water partition coefficient (Wildman–Crippen LogP) is 4.56. The summed E-state index contributed by atoms with van der Waals surface area (Å²) in [6, 6.07) is 15.9. The van der Waals surface area contributed by atoms with Crippen LogP contribution in [-0.2, 0) is 6.54 Å². The van der Waals surface area contributed by atoms with Gasteiger partial charge in [0.05, 0.1) is 24.4 Å². The van der Waals surface area contributed by atoms with Crippen molar-refractivity contribution in [3.05, 3.63) is 70.7 Å². The number of nitrogens with zero attached hydrogens (tertiary/aromatic N) is 5. The molecule has 27 heavy (non-hydrogen) atoms. The van der Waals surface area contributed by atoms with Crippen molar-refractivity contribution in [1.82, 2.24) is 14.9 Å². The largest absolute Gasteiger partial charge is 0.494 e. The minimum absolute atomic E-state index is 0.594. The maximum absolute atomic E-state index is 9.14. The highest BCUT2D eigenvalue weighted by Gasteiger charge is 2.12. The Morgan fingerprint density at radius 1 is 1.15 bits per heavy atom. The number of nitriles is 1. The second-order valence-electron chi connectivity index (χ2n) is 6.02. The molecule has 0 radical (unpaired) electrons.